The number of carbonyl (C=O) groups excluding carboxylic acids is 1. The summed E-state index contributed by atoms with van der Waals surface area (Å²) in [6.45, 7) is 1.93. The molecular weight excluding hydrogens is 348 g/mol. The van der Waals surface area contributed by atoms with E-state index in [2.05, 4.69) is 15.3 Å². The number of carbonyl (C=O) groups is 1. The molecule has 1 aliphatic carbocycles. The van der Waals surface area contributed by atoms with Gasteiger partial charge in [0.25, 0.3) is 0 Å². The zero-order valence-electron chi connectivity index (χ0n) is 14.1. The molecule has 2 heterocycles. The number of aryl methyl sites for hydroxylation is 1. The maximum Gasteiger partial charge on any atom is 0.228 e. The van der Waals surface area contributed by atoms with Crippen LogP contribution in [-0.4, -0.2) is 15.9 Å². The molecule has 0 radical (unpaired) electrons. The van der Waals surface area contributed by atoms with Crippen molar-refractivity contribution in [2.24, 2.45) is 5.92 Å². The van der Waals surface area contributed by atoms with Crippen LogP contribution in [0.25, 0.3) is 21.9 Å². The number of hydrogen-bond acceptors (Lipinski definition) is 4. The lowest BCUT2D eigenvalue weighted by atomic mass is 9.99. The van der Waals surface area contributed by atoms with Gasteiger partial charge in [-0.05, 0) is 60.5 Å². The average molecular weight is 363 g/mol. The first-order valence-corrected chi connectivity index (χ1v) is 8.70. The molecule has 1 aliphatic rings. The van der Waals surface area contributed by atoms with Crippen molar-refractivity contribution in [2.75, 3.05) is 5.32 Å². The molecule has 5 nitrogen and oxygen atoms in total. The van der Waals surface area contributed by atoms with E-state index < -0.39 is 0 Å². The van der Waals surface area contributed by atoms with Crippen LogP contribution < -0.4 is 5.32 Å². The lowest BCUT2D eigenvalue weighted by Crippen LogP contribution is -2.14. The number of aromatic nitrogens is 2. The van der Waals surface area contributed by atoms with Crippen molar-refractivity contribution in [3.63, 3.8) is 0 Å². The number of anilines is 1. The Balaban J connectivity index is 1.76. The maximum absolute atomic E-state index is 12.0. The Morgan fingerprint density at radius 3 is 2.73 bits per heavy atom. The van der Waals surface area contributed by atoms with Crippen molar-refractivity contribution in [2.45, 2.75) is 19.8 Å². The number of amides is 1. The molecule has 0 spiro atoms. The molecule has 1 saturated carbocycles. The Kier molecular flexibility index (Phi) is 4.06. The maximum atomic E-state index is 12.0. The molecule has 4 rings (SSSR count). The number of fused-ring (bicyclic) bond motifs is 1. The molecule has 6 heteroatoms. The normalized spacial score (nSPS) is 13.4. The van der Waals surface area contributed by atoms with Crippen LogP contribution in [0.3, 0.4) is 0 Å². The summed E-state index contributed by atoms with van der Waals surface area (Å²) < 4.78 is 0. The van der Waals surface area contributed by atoms with E-state index in [0.29, 0.717) is 16.5 Å². The zero-order chi connectivity index (χ0) is 18.3. The SMILES string of the molecule is Cc1cc(C#N)ncc1-c1cc(Cl)c2cnc(NC(=O)C3CC3)cc2c1. The Labute approximate surface area is 155 Å². The highest BCUT2D eigenvalue weighted by Gasteiger charge is 2.29. The van der Waals surface area contributed by atoms with E-state index in [1.54, 1.807) is 18.5 Å². The van der Waals surface area contributed by atoms with Crippen molar-refractivity contribution in [1.29, 1.82) is 5.26 Å². The second-order valence-electron chi connectivity index (χ2n) is 6.51. The van der Waals surface area contributed by atoms with Crippen molar-refractivity contribution >= 4 is 34.1 Å². The number of nitrogens with one attached hydrogen (secondary N) is 1. The highest BCUT2D eigenvalue weighted by atomic mass is 35.5. The van der Waals surface area contributed by atoms with Crippen molar-refractivity contribution < 1.29 is 4.79 Å². The molecule has 0 atom stereocenters. The van der Waals surface area contributed by atoms with Gasteiger partial charge in [-0.1, -0.05) is 11.6 Å². The van der Waals surface area contributed by atoms with Gasteiger partial charge in [0, 0.05) is 29.3 Å². The van der Waals surface area contributed by atoms with Crippen LogP contribution in [0.2, 0.25) is 5.02 Å². The van der Waals surface area contributed by atoms with E-state index in [1.807, 2.05) is 31.2 Å². The Bertz CT molecular complexity index is 1080. The van der Waals surface area contributed by atoms with E-state index in [0.717, 1.165) is 40.3 Å². The Morgan fingerprint density at radius 1 is 1.23 bits per heavy atom. The number of hydrogen-bond donors (Lipinski definition) is 1. The summed E-state index contributed by atoms with van der Waals surface area (Å²) in [5, 5.41) is 14.1. The van der Waals surface area contributed by atoms with Crippen LogP contribution in [0.5, 0.6) is 0 Å². The van der Waals surface area contributed by atoms with Gasteiger partial charge < -0.3 is 5.32 Å². The Morgan fingerprint density at radius 2 is 2.04 bits per heavy atom. The molecule has 2 aromatic heterocycles. The van der Waals surface area contributed by atoms with Gasteiger partial charge in [-0.25, -0.2) is 9.97 Å². The van der Waals surface area contributed by atoms with Crippen molar-refractivity contribution in [3.05, 3.63) is 52.9 Å². The highest BCUT2D eigenvalue weighted by Crippen LogP contribution is 2.34. The van der Waals surface area contributed by atoms with E-state index in [-0.39, 0.29) is 11.8 Å². The summed E-state index contributed by atoms with van der Waals surface area (Å²) in [5.74, 6) is 0.665. The fraction of sp³-hybridized carbons (Fsp3) is 0.200. The summed E-state index contributed by atoms with van der Waals surface area (Å²) in [7, 11) is 0. The van der Waals surface area contributed by atoms with Crippen LogP contribution in [0.4, 0.5) is 5.82 Å². The number of nitriles is 1. The van der Waals surface area contributed by atoms with E-state index >= 15 is 0 Å². The standard InChI is InChI=1S/C20H15ClN4O/c1-11-4-15(8-22)23-9-16(11)13-5-14-7-19(25-20(26)12-2-3-12)24-10-17(14)18(21)6-13/h4-7,9-10,12H,2-3H2,1H3,(H,24,25,26). The number of nitrogens with zero attached hydrogens (tertiary/aromatic N) is 3. The quantitative estimate of drug-likeness (QED) is 0.745. The number of rotatable bonds is 3. The minimum Gasteiger partial charge on any atom is -0.310 e. The summed E-state index contributed by atoms with van der Waals surface area (Å²) in [4.78, 5) is 20.4. The third-order valence-corrected chi connectivity index (χ3v) is 4.83. The second-order valence-corrected chi connectivity index (χ2v) is 6.92. The third kappa shape index (κ3) is 3.12. The molecule has 0 bridgehead atoms. The number of pyridine rings is 2. The van der Waals surface area contributed by atoms with Gasteiger partial charge in [0.2, 0.25) is 5.91 Å². The molecule has 1 fully saturated rings. The minimum atomic E-state index is 0.0197. The number of benzene rings is 1. The van der Waals surface area contributed by atoms with E-state index in [9.17, 15) is 4.79 Å². The Hall–Kier alpha value is -2.97. The van der Waals surface area contributed by atoms with Crippen LogP contribution in [0, 0.1) is 24.2 Å². The lowest BCUT2D eigenvalue weighted by Gasteiger charge is -2.10. The predicted molar refractivity (Wildman–Crippen MR) is 101 cm³/mol. The van der Waals surface area contributed by atoms with Crippen LogP contribution >= 0.6 is 11.6 Å². The molecule has 0 unspecified atom stereocenters. The van der Waals surface area contributed by atoms with Gasteiger partial charge in [-0.2, -0.15) is 5.26 Å². The van der Waals surface area contributed by atoms with Crippen LogP contribution in [-0.2, 0) is 4.79 Å². The first-order chi connectivity index (χ1) is 12.5. The molecule has 128 valence electrons. The molecule has 0 aliphatic heterocycles. The predicted octanol–water partition coefficient (Wildman–Crippen LogP) is 4.48. The van der Waals surface area contributed by atoms with Gasteiger partial charge in [0.1, 0.15) is 17.6 Å². The van der Waals surface area contributed by atoms with Gasteiger partial charge >= 0.3 is 0 Å². The minimum absolute atomic E-state index is 0.0197. The van der Waals surface area contributed by atoms with E-state index in [4.69, 9.17) is 16.9 Å². The molecule has 1 amide bonds. The summed E-state index contributed by atoms with van der Waals surface area (Å²) >= 11 is 6.44. The van der Waals surface area contributed by atoms with Gasteiger partial charge in [0.05, 0.1) is 5.02 Å². The fourth-order valence-electron chi connectivity index (χ4n) is 2.93. The van der Waals surface area contributed by atoms with Gasteiger partial charge in [-0.15, -0.1) is 0 Å². The van der Waals surface area contributed by atoms with Gasteiger partial charge in [0.15, 0.2) is 0 Å². The molecule has 26 heavy (non-hydrogen) atoms. The smallest absolute Gasteiger partial charge is 0.228 e. The summed E-state index contributed by atoms with van der Waals surface area (Å²) in [6.07, 6.45) is 5.25. The third-order valence-electron chi connectivity index (χ3n) is 4.52. The molecule has 1 aromatic carbocycles. The number of halogens is 1. The van der Waals surface area contributed by atoms with Crippen LogP contribution in [0.15, 0.2) is 36.7 Å². The fourth-order valence-corrected chi connectivity index (χ4v) is 3.21. The molecular formula is C20H15ClN4O. The molecule has 0 saturated heterocycles. The zero-order valence-corrected chi connectivity index (χ0v) is 14.8. The first-order valence-electron chi connectivity index (χ1n) is 8.32. The van der Waals surface area contributed by atoms with E-state index in [1.165, 1.54) is 0 Å². The van der Waals surface area contributed by atoms with Crippen LogP contribution in [0.1, 0.15) is 24.1 Å². The average Bonchev–Trinajstić information content (AvgIpc) is 3.46. The first kappa shape index (κ1) is 16.5. The topological polar surface area (TPSA) is 78.7 Å². The monoisotopic (exact) mass is 362 g/mol. The van der Waals surface area contributed by atoms with Crippen molar-refractivity contribution in [3.8, 4) is 17.2 Å². The highest BCUT2D eigenvalue weighted by molar-refractivity contribution is 6.36. The summed E-state index contributed by atoms with van der Waals surface area (Å²) in [5.41, 5.74) is 3.14. The molecule has 3 aromatic rings. The second kappa shape index (κ2) is 6.40. The largest absolute Gasteiger partial charge is 0.310 e. The lowest BCUT2D eigenvalue weighted by molar-refractivity contribution is -0.117. The van der Waals surface area contributed by atoms with Crippen molar-refractivity contribution in [1.82, 2.24) is 9.97 Å². The van der Waals surface area contributed by atoms with Gasteiger partial charge in [-0.3, -0.25) is 4.79 Å². The molecule has 1 N–H and O–H groups in total. The summed E-state index contributed by atoms with van der Waals surface area (Å²) in [6, 6.07) is 9.48.